The number of halogens is 1. The zero-order valence-electron chi connectivity index (χ0n) is 10.6. The number of H-pyrrole nitrogens is 1. The van der Waals surface area contributed by atoms with Gasteiger partial charge in [0.2, 0.25) is 0 Å². The highest BCUT2D eigenvalue weighted by atomic mass is 19.1. The minimum Gasteiger partial charge on any atom is -0.394 e. The predicted octanol–water partition coefficient (Wildman–Crippen LogP) is -0.848. The molecule has 19 heavy (non-hydrogen) atoms. The van der Waals surface area contributed by atoms with Crippen molar-refractivity contribution in [3.63, 3.8) is 0 Å². The van der Waals surface area contributed by atoms with E-state index in [0.717, 1.165) is 17.6 Å². The quantitative estimate of drug-likeness (QED) is 0.628. The van der Waals surface area contributed by atoms with Gasteiger partial charge in [-0.2, -0.15) is 0 Å². The van der Waals surface area contributed by atoms with Crippen molar-refractivity contribution in [1.82, 2.24) is 9.55 Å². The highest BCUT2D eigenvalue weighted by Crippen LogP contribution is 2.13. The number of nitrogens with zero attached hydrogens (tertiary/aromatic N) is 1. The van der Waals surface area contributed by atoms with Crippen LogP contribution in [0.15, 0.2) is 21.9 Å². The summed E-state index contributed by atoms with van der Waals surface area (Å²) in [5.41, 5.74) is -1.25. The molecule has 3 N–H and O–H groups in total. The smallest absolute Gasteiger partial charge is 0.330 e. The summed E-state index contributed by atoms with van der Waals surface area (Å²) in [5, 5.41) is 18.5. The van der Waals surface area contributed by atoms with Gasteiger partial charge >= 0.3 is 5.69 Å². The van der Waals surface area contributed by atoms with Crippen LogP contribution in [0.4, 0.5) is 4.39 Å². The third kappa shape index (κ3) is 3.98. The molecule has 0 radical (unpaired) electrons. The Morgan fingerprint density at radius 3 is 2.58 bits per heavy atom. The highest BCUT2D eigenvalue weighted by Gasteiger charge is 2.27. The molecule has 0 saturated heterocycles. The molecule has 0 aromatic carbocycles. The lowest BCUT2D eigenvalue weighted by Crippen LogP contribution is -2.41. The van der Waals surface area contributed by atoms with Crippen LogP contribution in [0.1, 0.15) is 20.1 Å². The van der Waals surface area contributed by atoms with E-state index in [1.807, 2.05) is 4.98 Å². The molecule has 7 nitrogen and oxygen atoms in total. The van der Waals surface area contributed by atoms with Gasteiger partial charge < -0.3 is 14.9 Å². The lowest BCUT2D eigenvalue weighted by Gasteiger charge is -2.26. The normalized spacial score (nSPS) is 17.7. The summed E-state index contributed by atoms with van der Waals surface area (Å²) >= 11 is 0. The molecule has 1 heterocycles. The van der Waals surface area contributed by atoms with E-state index in [9.17, 15) is 19.1 Å². The third-order valence-electron chi connectivity index (χ3n) is 2.65. The average Bonchev–Trinajstić information content (AvgIpc) is 2.34. The molecule has 0 spiro atoms. The van der Waals surface area contributed by atoms with Crippen molar-refractivity contribution in [3.05, 3.63) is 33.1 Å². The Hall–Kier alpha value is -1.51. The van der Waals surface area contributed by atoms with Crippen LogP contribution in [0.5, 0.6) is 0 Å². The van der Waals surface area contributed by atoms with Crippen LogP contribution in [0.3, 0.4) is 0 Å². The van der Waals surface area contributed by atoms with Crippen molar-refractivity contribution < 1.29 is 19.3 Å². The number of aliphatic hydroxyl groups is 2. The van der Waals surface area contributed by atoms with E-state index in [0.29, 0.717) is 0 Å². The average molecular weight is 276 g/mol. The van der Waals surface area contributed by atoms with Crippen LogP contribution in [-0.2, 0) is 4.74 Å². The van der Waals surface area contributed by atoms with Crippen LogP contribution < -0.4 is 11.2 Å². The maximum absolute atomic E-state index is 13.0. The second-order valence-electron chi connectivity index (χ2n) is 4.14. The van der Waals surface area contributed by atoms with E-state index in [-0.39, 0.29) is 0 Å². The molecule has 1 rings (SSSR count). The first-order chi connectivity index (χ1) is 8.86. The number of alkyl halides is 1. The topological polar surface area (TPSA) is 105 Å². The van der Waals surface area contributed by atoms with Crippen LogP contribution in [0.25, 0.3) is 0 Å². The molecular formula is C11H17FN2O5. The monoisotopic (exact) mass is 276 g/mol. The summed E-state index contributed by atoms with van der Waals surface area (Å²) in [5.74, 6) is 0. The van der Waals surface area contributed by atoms with Gasteiger partial charge in [-0.25, -0.2) is 9.18 Å². The maximum atomic E-state index is 13.0. The van der Waals surface area contributed by atoms with Gasteiger partial charge in [-0.05, 0) is 13.8 Å². The summed E-state index contributed by atoms with van der Waals surface area (Å²) in [6.07, 6.45) is -3.93. The number of nitrogens with one attached hydrogen (secondary N) is 1. The van der Waals surface area contributed by atoms with E-state index in [1.54, 1.807) is 0 Å². The number of rotatable bonds is 6. The molecule has 0 fully saturated rings. The summed E-state index contributed by atoms with van der Waals surface area (Å²) in [7, 11) is 0. The lowest BCUT2D eigenvalue weighted by atomic mass is 10.1. The Labute approximate surface area is 108 Å². The van der Waals surface area contributed by atoms with Gasteiger partial charge in [0.05, 0.1) is 6.61 Å². The summed E-state index contributed by atoms with van der Waals surface area (Å²) in [4.78, 5) is 24.4. The number of hydrogen-bond donors (Lipinski definition) is 3. The fraction of sp³-hybridized carbons (Fsp3) is 0.636. The molecule has 3 unspecified atom stereocenters. The predicted molar refractivity (Wildman–Crippen MR) is 64.6 cm³/mol. The number of aromatic nitrogens is 2. The van der Waals surface area contributed by atoms with Gasteiger partial charge in [-0.1, -0.05) is 0 Å². The van der Waals surface area contributed by atoms with Crippen molar-refractivity contribution in [2.75, 3.05) is 6.61 Å². The first-order valence-electron chi connectivity index (χ1n) is 5.76. The van der Waals surface area contributed by atoms with E-state index < -0.39 is 42.5 Å². The van der Waals surface area contributed by atoms with Gasteiger partial charge in [0.1, 0.15) is 24.6 Å². The molecule has 0 bridgehead atoms. The van der Waals surface area contributed by atoms with Gasteiger partial charge in [0.15, 0.2) is 0 Å². The van der Waals surface area contributed by atoms with Crippen LogP contribution in [0, 0.1) is 0 Å². The first-order valence-corrected chi connectivity index (χ1v) is 5.76. The Kier molecular flexibility index (Phi) is 5.40. The van der Waals surface area contributed by atoms with E-state index >= 15 is 0 Å². The molecule has 4 atom stereocenters. The van der Waals surface area contributed by atoms with Gasteiger partial charge in [0, 0.05) is 12.3 Å². The number of ether oxygens (including phenoxy) is 1. The Morgan fingerprint density at radius 1 is 1.47 bits per heavy atom. The molecular weight excluding hydrogens is 259 g/mol. The molecule has 0 aliphatic rings. The standard InChI is InChI=1S/C11H17FN2O5/c1-6(12)10(17)8(5-15)19-7(2)14-4-3-9(16)13-11(14)18/h3-4,6-8,10,15,17H,5H2,1-2H3,(H,13,16,18)/t6?,7?,8-,10?/m1/s1. The first kappa shape index (κ1) is 15.5. The molecule has 108 valence electrons. The second-order valence-corrected chi connectivity index (χ2v) is 4.14. The van der Waals surface area contributed by atoms with E-state index in [2.05, 4.69) is 0 Å². The summed E-state index contributed by atoms with van der Waals surface area (Å²) in [6, 6.07) is 1.13. The lowest BCUT2D eigenvalue weighted by molar-refractivity contribution is -0.132. The Morgan fingerprint density at radius 2 is 2.11 bits per heavy atom. The SMILES string of the molecule is CC(F)C(O)[C@@H](CO)OC(C)n1ccc(=O)[nH]c1=O. The summed E-state index contributed by atoms with van der Waals surface area (Å²) < 4.78 is 19.2. The molecule has 1 aromatic heterocycles. The minimum atomic E-state index is -1.59. The zero-order chi connectivity index (χ0) is 14.6. The van der Waals surface area contributed by atoms with Crippen molar-refractivity contribution in [2.45, 2.75) is 38.5 Å². The molecule has 1 aromatic rings. The number of aliphatic hydroxyl groups excluding tert-OH is 2. The van der Waals surface area contributed by atoms with Crippen LogP contribution in [-0.4, -0.2) is 44.8 Å². The van der Waals surface area contributed by atoms with E-state index in [4.69, 9.17) is 9.84 Å². The Balaban J connectivity index is 2.85. The van der Waals surface area contributed by atoms with Crippen molar-refractivity contribution in [1.29, 1.82) is 0 Å². The molecule has 0 saturated carbocycles. The zero-order valence-corrected chi connectivity index (χ0v) is 10.6. The largest absolute Gasteiger partial charge is 0.394 e. The highest BCUT2D eigenvalue weighted by molar-refractivity contribution is 4.84. The number of hydrogen-bond acceptors (Lipinski definition) is 5. The minimum absolute atomic E-state index is 0.551. The van der Waals surface area contributed by atoms with E-state index in [1.165, 1.54) is 13.1 Å². The fourth-order valence-corrected chi connectivity index (χ4v) is 1.56. The van der Waals surface area contributed by atoms with Gasteiger partial charge in [0.25, 0.3) is 5.56 Å². The van der Waals surface area contributed by atoms with Crippen LogP contribution in [0.2, 0.25) is 0 Å². The van der Waals surface area contributed by atoms with Crippen molar-refractivity contribution in [2.24, 2.45) is 0 Å². The van der Waals surface area contributed by atoms with Crippen molar-refractivity contribution in [3.8, 4) is 0 Å². The Bertz CT molecular complexity index is 512. The number of aromatic amines is 1. The molecule has 0 aliphatic heterocycles. The molecule has 0 amide bonds. The summed E-state index contributed by atoms with van der Waals surface area (Å²) in [6.45, 7) is 2.00. The van der Waals surface area contributed by atoms with Crippen LogP contribution >= 0.6 is 0 Å². The molecule has 0 aliphatic carbocycles. The van der Waals surface area contributed by atoms with Gasteiger partial charge in [-0.3, -0.25) is 14.3 Å². The second kappa shape index (κ2) is 6.60. The maximum Gasteiger partial charge on any atom is 0.330 e. The van der Waals surface area contributed by atoms with Crippen molar-refractivity contribution >= 4 is 0 Å². The molecule has 8 heteroatoms. The third-order valence-corrected chi connectivity index (χ3v) is 2.65. The van der Waals surface area contributed by atoms with Gasteiger partial charge in [-0.15, -0.1) is 0 Å². The fourth-order valence-electron chi connectivity index (χ4n) is 1.56.